The van der Waals surface area contributed by atoms with E-state index in [1.807, 2.05) is 26.0 Å². The lowest BCUT2D eigenvalue weighted by Crippen LogP contribution is -1.98. The Labute approximate surface area is 83.7 Å². The summed E-state index contributed by atoms with van der Waals surface area (Å²) in [5.74, 6) is 0.340. The summed E-state index contributed by atoms with van der Waals surface area (Å²) in [7, 11) is 0. The lowest BCUT2D eigenvalue weighted by Gasteiger charge is -2.07. The molecule has 0 amide bonds. The summed E-state index contributed by atoms with van der Waals surface area (Å²) < 4.78 is 0. The van der Waals surface area contributed by atoms with Gasteiger partial charge < -0.3 is 10.3 Å². The monoisotopic (exact) mass is 193 g/mol. The molecule has 1 aromatic carbocycles. The highest BCUT2D eigenvalue weighted by atomic mass is 16.4. The quantitative estimate of drug-likeness (QED) is 0.430. The molecule has 0 aliphatic rings. The van der Waals surface area contributed by atoms with Crippen LogP contribution >= 0.6 is 0 Å². The standard InChI is InChI=1S/C11H15NO2/c1-7-4-10(6-9(3)12-14)5-8(2)11(7)13/h4-5,13-14H,6H2,1-3H3/b12-9+. The van der Waals surface area contributed by atoms with Gasteiger partial charge in [-0.3, -0.25) is 0 Å². The third kappa shape index (κ3) is 2.25. The fourth-order valence-electron chi connectivity index (χ4n) is 1.48. The zero-order chi connectivity index (χ0) is 10.7. The molecule has 3 heteroatoms. The van der Waals surface area contributed by atoms with Crippen LogP contribution < -0.4 is 0 Å². The molecule has 76 valence electrons. The summed E-state index contributed by atoms with van der Waals surface area (Å²) in [4.78, 5) is 0. The lowest BCUT2D eigenvalue weighted by atomic mass is 10.0. The lowest BCUT2D eigenvalue weighted by molar-refractivity contribution is 0.317. The normalized spacial score (nSPS) is 11.8. The van der Waals surface area contributed by atoms with E-state index in [9.17, 15) is 5.11 Å². The van der Waals surface area contributed by atoms with Crippen LogP contribution in [0.3, 0.4) is 0 Å². The van der Waals surface area contributed by atoms with E-state index in [-0.39, 0.29) is 0 Å². The molecule has 1 aromatic rings. The summed E-state index contributed by atoms with van der Waals surface area (Å²) in [5, 5.41) is 21.2. The molecule has 0 aliphatic carbocycles. The van der Waals surface area contributed by atoms with E-state index in [1.165, 1.54) is 0 Å². The van der Waals surface area contributed by atoms with Crippen LogP contribution in [0.2, 0.25) is 0 Å². The molecule has 1 rings (SSSR count). The van der Waals surface area contributed by atoms with Crippen molar-refractivity contribution in [2.45, 2.75) is 27.2 Å². The smallest absolute Gasteiger partial charge is 0.121 e. The molecule has 0 bridgehead atoms. The molecule has 0 atom stereocenters. The number of aromatic hydroxyl groups is 1. The number of benzene rings is 1. The second-order valence-corrected chi connectivity index (χ2v) is 3.59. The van der Waals surface area contributed by atoms with E-state index in [0.29, 0.717) is 17.9 Å². The van der Waals surface area contributed by atoms with Crippen LogP contribution in [-0.4, -0.2) is 16.0 Å². The highest BCUT2D eigenvalue weighted by molar-refractivity contribution is 5.83. The van der Waals surface area contributed by atoms with Gasteiger partial charge in [-0.15, -0.1) is 0 Å². The predicted octanol–water partition coefficient (Wildman–Crippen LogP) is 2.40. The van der Waals surface area contributed by atoms with Gasteiger partial charge in [0.15, 0.2) is 0 Å². The first-order valence-electron chi connectivity index (χ1n) is 4.51. The Kier molecular flexibility index (Phi) is 3.12. The van der Waals surface area contributed by atoms with Gasteiger partial charge >= 0.3 is 0 Å². The highest BCUT2D eigenvalue weighted by Gasteiger charge is 2.04. The third-order valence-electron chi connectivity index (χ3n) is 2.18. The summed E-state index contributed by atoms with van der Waals surface area (Å²) in [6.07, 6.45) is 0.610. The fraction of sp³-hybridized carbons (Fsp3) is 0.364. The molecule has 0 heterocycles. The van der Waals surface area contributed by atoms with E-state index in [0.717, 1.165) is 16.7 Å². The molecule has 0 unspecified atom stereocenters. The van der Waals surface area contributed by atoms with Crippen LogP contribution in [-0.2, 0) is 6.42 Å². The van der Waals surface area contributed by atoms with Gasteiger partial charge in [0.25, 0.3) is 0 Å². The van der Waals surface area contributed by atoms with Gasteiger partial charge in [0.05, 0.1) is 5.71 Å². The minimum absolute atomic E-state index is 0.340. The number of phenols is 1. The molecule has 0 fully saturated rings. The van der Waals surface area contributed by atoms with Crippen molar-refractivity contribution < 1.29 is 10.3 Å². The molecule has 0 spiro atoms. The first kappa shape index (κ1) is 10.6. The van der Waals surface area contributed by atoms with Crippen molar-refractivity contribution in [1.29, 1.82) is 0 Å². The SMILES string of the molecule is C/C(Cc1cc(C)c(O)c(C)c1)=N\O. The van der Waals surface area contributed by atoms with Crippen molar-refractivity contribution in [1.82, 2.24) is 0 Å². The molecule has 0 aromatic heterocycles. The fourth-order valence-corrected chi connectivity index (χ4v) is 1.48. The maximum Gasteiger partial charge on any atom is 0.121 e. The Balaban J connectivity index is 3.01. The molecule has 0 aliphatic heterocycles. The van der Waals surface area contributed by atoms with Crippen molar-refractivity contribution >= 4 is 5.71 Å². The van der Waals surface area contributed by atoms with Gasteiger partial charge in [-0.25, -0.2) is 0 Å². The van der Waals surface area contributed by atoms with Gasteiger partial charge in [-0.1, -0.05) is 17.3 Å². The van der Waals surface area contributed by atoms with Crippen LogP contribution in [0.15, 0.2) is 17.3 Å². The first-order valence-corrected chi connectivity index (χ1v) is 4.51. The summed E-state index contributed by atoms with van der Waals surface area (Å²) >= 11 is 0. The Bertz CT molecular complexity index is 347. The second-order valence-electron chi connectivity index (χ2n) is 3.59. The summed E-state index contributed by atoms with van der Waals surface area (Å²) in [6, 6.07) is 3.80. The number of oxime groups is 1. The van der Waals surface area contributed by atoms with Crippen molar-refractivity contribution in [3.05, 3.63) is 28.8 Å². The number of hydrogen-bond donors (Lipinski definition) is 2. The third-order valence-corrected chi connectivity index (χ3v) is 2.18. The Morgan fingerprint density at radius 2 is 1.79 bits per heavy atom. The molecule has 0 radical (unpaired) electrons. The number of aryl methyl sites for hydroxylation is 2. The number of hydrogen-bond acceptors (Lipinski definition) is 3. The largest absolute Gasteiger partial charge is 0.507 e. The van der Waals surface area contributed by atoms with E-state index in [2.05, 4.69) is 5.16 Å². The second kappa shape index (κ2) is 4.13. The van der Waals surface area contributed by atoms with Gasteiger partial charge in [0.2, 0.25) is 0 Å². The molecule has 14 heavy (non-hydrogen) atoms. The van der Waals surface area contributed by atoms with Gasteiger partial charge in [-0.05, 0) is 37.5 Å². The summed E-state index contributed by atoms with van der Waals surface area (Å²) in [6.45, 7) is 5.48. The number of nitrogens with zero attached hydrogens (tertiary/aromatic N) is 1. The van der Waals surface area contributed by atoms with Crippen molar-refractivity contribution in [3.8, 4) is 5.75 Å². The van der Waals surface area contributed by atoms with Crippen molar-refractivity contribution in [3.63, 3.8) is 0 Å². The van der Waals surface area contributed by atoms with Gasteiger partial charge in [0, 0.05) is 6.42 Å². The summed E-state index contributed by atoms with van der Waals surface area (Å²) in [5.41, 5.74) is 3.42. The van der Waals surface area contributed by atoms with Crippen LogP contribution in [0.4, 0.5) is 0 Å². The minimum Gasteiger partial charge on any atom is -0.507 e. The van der Waals surface area contributed by atoms with E-state index in [4.69, 9.17) is 5.21 Å². The topological polar surface area (TPSA) is 52.8 Å². The number of phenolic OH excluding ortho intramolecular Hbond substituents is 1. The zero-order valence-corrected chi connectivity index (χ0v) is 8.70. The molecule has 0 saturated heterocycles. The van der Waals surface area contributed by atoms with E-state index < -0.39 is 0 Å². The zero-order valence-electron chi connectivity index (χ0n) is 8.70. The van der Waals surface area contributed by atoms with Gasteiger partial charge in [0.1, 0.15) is 5.75 Å². The van der Waals surface area contributed by atoms with Crippen LogP contribution in [0.1, 0.15) is 23.6 Å². The minimum atomic E-state index is 0.340. The van der Waals surface area contributed by atoms with Crippen LogP contribution in [0.25, 0.3) is 0 Å². The van der Waals surface area contributed by atoms with Crippen LogP contribution in [0, 0.1) is 13.8 Å². The first-order chi connectivity index (χ1) is 6.54. The van der Waals surface area contributed by atoms with E-state index >= 15 is 0 Å². The average molecular weight is 193 g/mol. The maximum absolute atomic E-state index is 9.54. The molecule has 0 saturated carbocycles. The van der Waals surface area contributed by atoms with E-state index in [1.54, 1.807) is 6.92 Å². The Morgan fingerprint density at radius 3 is 2.21 bits per heavy atom. The Hall–Kier alpha value is -1.51. The number of rotatable bonds is 2. The van der Waals surface area contributed by atoms with Crippen molar-refractivity contribution in [2.24, 2.45) is 5.16 Å². The molecular formula is C11H15NO2. The molecule has 3 nitrogen and oxygen atoms in total. The average Bonchev–Trinajstić information content (AvgIpc) is 2.14. The van der Waals surface area contributed by atoms with Crippen molar-refractivity contribution in [2.75, 3.05) is 0 Å². The predicted molar refractivity (Wildman–Crippen MR) is 56.2 cm³/mol. The van der Waals surface area contributed by atoms with Crippen LogP contribution in [0.5, 0.6) is 5.75 Å². The molecular weight excluding hydrogens is 178 g/mol. The van der Waals surface area contributed by atoms with Gasteiger partial charge in [-0.2, -0.15) is 0 Å². The Morgan fingerprint density at radius 1 is 1.29 bits per heavy atom. The maximum atomic E-state index is 9.54. The highest BCUT2D eigenvalue weighted by Crippen LogP contribution is 2.23. The molecule has 2 N–H and O–H groups in total.